The van der Waals surface area contributed by atoms with Crippen molar-refractivity contribution >= 4 is 17.4 Å². The maximum atomic E-state index is 12.7. The highest BCUT2D eigenvalue weighted by Gasteiger charge is 2.51. The number of nitrogens with one attached hydrogen (secondary N) is 2. The average molecular weight is 410 g/mol. The van der Waals surface area contributed by atoms with Crippen molar-refractivity contribution in [3.63, 3.8) is 0 Å². The monoisotopic (exact) mass is 409 g/mol. The van der Waals surface area contributed by atoms with E-state index in [2.05, 4.69) is 28.6 Å². The molecular formula is C26H39N3O. The topological polar surface area (TPSA) is 54.0 Å². The third kappa shape index (κ3) is 4.38. The summed E-state index contributed by atoms with van der Waals surface area (Å²) < 4.78 is 0. The van der Waals surface area contributed by atoms with Crippen LogP contribution in [0.1, 0.15) is 90.4 Å². The van der Waals surface area contributed by atoms with Crippen LogP contribution in [0.5, 0.6) is 0 Å². The molecule has 5 fully saturated rings. The van der Waals surface area contributed by atoms with E-state index in [-0.39, 0.29) is 17.4 Å². The standard InChI is InChI=1S/C26H39N3O/c1-2-3-4-18-5-7-22(8-6-18)25(30)28-23-9-10-24(27-17-23)29-26-14-19-11-20(15-26)13-21(12-19)16-26/h9-10,17-22H,2-8,11-16H2,1H3,(H,27,29)(H,28,30). The normalized spacial score (nSPS) is 37.2. The van der Waals surface area contributed by atoms with Crippen LogP contribution in [0.25, 0.3) is 0 Å². The van der Waals surface area contributed by atoms with E-state index in [1.54, 1.807) is 0 Å². The number of pyridine rings is 1. The van der Waals surface area contributed by atoms with E-state index in [9.17, 15) is 4.79 Å². The van der Waals surface area contributed by atoms with Gasteiger partial charge in [0.2, 0.25) is 5.91 Å². The maximum absolute atomic E-state index is 12.7. The Balaban J connectivity index is 1.13. The first-order valence-corrected chi connectivity index (χ1v) is 12.7. The highest BCUT2D eigenvalue weighted by atomic mass is 16.1. The van der Waals surface area contributed by atoms with E-state index in [0.717, 1.165) is 48.0 Å². The zero-order chi connectivity index (χ0) is 20.6. The Morgan fingerprint density at radius 2 is 1.70 bits per heavy atom. The molecule has 2 N–H and O–H groups in total. The Labute approximate surface area is 182 Å². The number of carbonyl (C=O) groups is 1. The fraction of sp³-hybridized carbons (Fsp3) is 0.769. The molecule has 5 aliphatic rings. The van der Waals surface area contributed by atoms with Crippen LogP contribution >= 0.6 is 0 Å². The van der Waals surface area contributed by atoms with Gasteiger partial charge in [0.05, 0.1) is 11.9 Å². The molecule has 1 amide bonds. The van der Waals surface area contributed by atoms with Gasteiger partial charge in [-0.25, -0.2) is 4.98 Å². The van der Waals surface area contributed by atoms with E-state index < -0.39 is 0 Å². The van der Waals surface area contributed by atoms with Gasteiger partial charge in [0.25, 0.3) is 0 Å². The molecule has 0 aliphatic heterocycles. The second-order valence-corrected chi connectivity index (χ2v) is 11.1. The second kappa shape index (κ2) is 8.51. The number of unbranched alkanes of at least 4 members (excludes halogenated alkanes) is 1. The zero-order valence-corrected chi connectivity index (χ0v) is 18.7. The van der Waals surface area contributed by atoms with Crippen LogP contribution in [-0.4, -0.2) is 16.4 Å². The van der Waals surface area contributed by atoms with Gasteiger partial charge in [0, 0.05) is 11.5 Å². The SMILES string of the molecule is CCCCC1CCC(C(=O)Nc2ccc(NC34CC5CC(CC(C5)C3)C4)nc2)CC1. The lowest BCUT2D eigenvalue weighted by atomic mass is 9.53. The number of nitrogens with zero attached hydrogens (tertiary/aromatic N) is 1. The first kappa shape index (κ1) is 20.3. The van der Waals surface area contributed by atoms with Crippen LogP contribution in [0.2, 0.25) is 0 Å². The van der Waals surface area contributed by atoms with Crippen molar-refractivity contribution in [3.8, 4) is 0 Å². The van der Waals surface area contributed by atoms with Gasteiger partial charge in [0.1, 0.15) is 5.82 Å². The number of hydrogen-bond donors (Lipinski definition) is 2. The molecule has 4 bridgehead atoms. The number of aromatic nitrogens is 1. The Hall–Kier alpha value is -1.58. The molecule has 0 radical (unpaired) electrons. The van der Waals surface area contributed by atoms with Crippen molar-refractivity contribution in [2.45, 2.75) is 95.9 Å². The molecule has 1 aromatic rings. The number of rotatable bonds is 7. The van der Waals surface area contributed by atoms with Crippen molar-refractivity contribution in [2.24, 2.45) is 29.6 Å². The third-order valence-electron chi connectivity index (χ3n) is 8.65. The van der Waals surface area contributed by atoms with Crippen LogP contribution in [0.15, 0.2) is 18.3 Å². The first-order valence-electron chi connectivity index (χ1n) is 12.7. The highest BCUT2D eigenvalue weighted by molar-refractivity contribution is 5.92. The Bertz CT molecular complexity index is 700. The summed E-state index contributed by atoms with van der Waals surface area (Å²) in [5.41, 5.74) is 1.12. The van der Waals surface area contributed by atoms with Gasteiger partial charge in [-0.1, -0.05) is 26.2 Å². The fourth-order valence-electron chi connectivity index (χ4n) is 7.53. The van der Waals surface area contributed by atoms with Gasteiger partial charge in [-0.05, 0) is 100 Å². The average Bonchev–Trinajstić information content (AvgIpc) is 2.73. The summed E-state index contributed by atoms with van der Waals surface area (Å²) in [5.74, 6) is 4.97. The smallest absolute Gasteiger partial charge is 0.227 e. The summed E-state index contributed by atoms with van der Waals surface area (Å²) in [4.78, 5) is 17.4. The van der Waals surface area contributed by atoms with Crippen molar-refractivity contribution in [1.29, 1.82) is 0 Å². The predicted molar refractivity (Wildman–Crippen MR) is 122 cm³/mol. The number of carbonyl (C=O) groups excluding carboxylic acids is 1. The Morgan fingerprint density at radius 1 is 1.03 bits per heavy atom. The molecule has 30 heavy (non-hydrogen) atoms. The van der Waals surface area contributed by atoms with Gasteiger partial charge >= 0.3 is 0 Å². The third-order valence-corrected chi connectivity index (χ3v) is 8.65. The number of amides is 1. The molecule has 0 aromatic carbocycles. The van der Waals surface area contributed by atoms with Crippen molar-refractivity contribution in [3.05, 3.63) is 18.3 Å². The van der Waals surface area contributed by atoms with Gasteiger partial charge in [0.15, 0.2) is 0 Å². The summed E-state index contributed by atoms with van der Waals surface area (Å²) in [6.07, 6.45) is 18.6. The molecule has 0 unspecified atom stereocenters. The van der Waals surface area contributed by atoms with Gasteiger partial charge in [-0.3, -0.25) is 4.79 Å². The summed E-state index contributed by atoms with van der Waals surface area (Å²) >= 11 is 0. The number of anilines is 2. The lowest BCUT2D eigenvalue weighted by Crippen LogP contribution is -2.54. The minimum atomic E-state index is 0.174. The van der Waals surface area contributed by atoms with Gasteiger partial charge in [-0.15, -0.1) is 0 Å². The second-order valence-electron chi connectivity index (χ2n) is 11.1. The van der Waals surface area contributed by atoms with Crippen LogP contribution < -0.4 is 10.6 Å². The molecule has 0 atom stereocenters. The van der Waals surface area contributed by atoms with Crippen molar-refractivity contribution in [1.82, 2.24) is 4.98 Å². The molecule has 1 aromatic heterocycles. The van der Waals surface area contributed by atoms with Crippen molar-refractivity contribution < 1.29 is 4.79 Å². The molecule has 164 valence electrons. The van der Waals surface area contributed by atoms with Crippen LogP contribution in [0.3, 0.4) is 0 Å². The molecular weight excluding hydrogens is 370 g/mol. The van der Waals surface area contributed by atoms with E-state index in [1.165, 1.54) is 70.6 Å². The lowest BCUT2D eigenvalue weighted by molar-refractivity contribution is -0.121. The largest absolute Gasteiger partial charge is 0.365 e. The zero-order valence-electron chi connectivity index (χ0n) is 18.7. The fourth-order valence-corrected chi connectivity index (χ4v) is 7.53. The Kier molecular flexibility index (Phi) is 5.77. The summed E-state index contributed by atoms with van der Waals surface area (Å²) in [7, 11) is 0. The summed E-state index contributed by atoms with van der Waals surface area (Å²) in [6, 6.07) is 4.09. The lowest BCUT2D eigenvalue weighted by Gasteiger charge is -2.57. The van der Waals surface area contributed by atoms with E-state index in [1.807, 2.05) is 12.3 Å². The van der Waals surface area contributed by atoms with E-state index >= 15 is 0 Å². The molecule has 4 nitrogen and oxygen atoms in total. The molecule has 5 aliphatic carbocycles. The van der Waals surface area contributed by atoms with Crippen LogP contribution in [0.4, 0.5) is 11.5 Å². The minimum absolute atomic E-state index is 0.174. The molecule has 1 heterocycles. The van der Waals surface area contributed by atoms with Gasteiger partial charge in [-0.2, -0.15) is 0 Å². The minimum Gasteiger partial charge on any atom is -0.365 e. The van der Waals surface area contributed by atoms with E-state index in [4.69, 9.17) is 0 Å². The molecule has 0 spiro atoms. The highest BCUT2D eigenvalue weighted by Crippen LogP contribution is 2.56. The first-order chi connectivity index (χ1) is 14.6. The molecule has 5 saturated carbocycles. The van der Waals surface area contributed by atoms with Gasteiger partial charge < -0.3 is 10.6 Å². The predicted octanol–water partition coefficient (Wildman–Crippen LogP) is 6.40. The molecule has 0 saturated heterocycles. The summed E-state index contributed by atoms with van der Waals surface area (Å²) in [6.45, 7) is 2.26. The Morgan fingerprint density at radius 3 is 2.27 bits per heavy atom. The molecule has 4 heteroatoms. The maximum Gasteiger partial charge on any atom is 0.227 e. The van der Waals surface area contributed by atoms with E-state index in [0.29, 0.717) is 0 Å². The van der Waals surface area contributed by atoms with Crippen LogP contribution in [-0.2, 0) is 4.79 Å². The summed E-state index contributed by atoms with van der Waals surface area (Å²) in [5, 5.41) is 6.96. The van der Waals surface area contributed by atoms with Crippen molar-refractivity contribution in [2.75, 3.05) is 10.6 Å². The van der Waals surface area contributed by atoms with Crippen LogP contribution in [0, 0.1) is 29.6 Å². The quantitative estimate of drug-likeness (QED) is 0.548. The molecule has 6 rings (SSSR count). The number of hydrogen-bond acceptors (Lipinski definition) is 3.